The lowest BCUT2D eigenvalue weighted by molar-refractivity contribution is -0.137. The van der Waals surface area contributed by atoms with Gasteiger partial charge in [0.25, 0.3) is 0 Å². The molecule has 116 valence electrons. The van der Waals surface area contributed by atoms with E-state index in [1.807, 2.05) is 18.9 Å². The Hall–Kier alpha value is -0.990. The Bertz CT molecular complexity index is 384. The van der Waals surface area contributed by atoms with E-state index in [-0.39, 0.29) is 23.5 Å². The molecule has 0 aromatic carbocycles. The van der Waals surface area contributed by atoms with Gasteiger partial charge in [0.2, 0.25) is 5.91 Å². The van der Waals surface area contributed by atoms with Crippen LogP contribution >= 0.6 is 0 Å². The Labute approximate surface area is 124 Å². The second-order valence-electron chi connectivity index (χ2n) is 7.34. The maximum atomic E-state index is 12.5. The summed E-state index contributed by atoms with van der Waals surface area (Å²) in [6.45, 7) is 14.4. The molecule has 0 aliphatic heterocycles. The maximum Gasteiger partial charge on any atom is 0.226 e. The molecule has 1 aliphatic rings. The van der Waals surface area contributed by atoms with Crippen LogP contribution in [-0.2, 0) is 9.53 Å². The first-order chi connectivity index (χ1) is 9.04. The molecule has 0 spiro atoms. The minimum Gasteiger partial charge on any atom is -0.490 e. The van der Waals surface area contributed by atoms with E-state index in [0.29, 0.717) is 5.92 Å². The molecule has 0 radical (unpaired) electrons. The Morgan fingerprint density at radius 3 is 2.00 bits per heavy atom. The Balaban J connectivity index is 2.84. The minimum atomic E-state index is -0.216. The summed E-state index contributed by atoms with van der Waals surface area (Å²) in [4.78, 5) is 14.3. The molecule has 0 heterocycles. The number of allylic oxidation sites excluding steroid dienone is 1. The fraction of sp³-hybridized carbons (Fsp3) is 0.824. The molecule has 0 aromatic heterocycles. The maximum absolute atomic E-state index is 12.5. The van der Waals surface area contributed by atoms with Crippen molar-refractivity contribution in [1.29, 1.82) is 0 Å². The van der Waals surface area contributed by atoms with Crippen molar-refractivity contribution < 1.29 is 9.53 Å². The van der Waals surface area contributed by atoms with Gasteiger partial charge in [-0.05, 0) is 52.0 Å². The van der Waals surface area contributed by atoms with Crippen LogP contribution in [0.3, 0.4) is 0 Å². The van der Waals surface area contributed by atoms with Crippen LogP contribution in [-0.4, -0.2) is 29.5 Å². The zero-order valence-corrected chi connectivity index (χ0v) is 14.4. The van der Waals surface area contributed by atoms with Gasteiger partial charge in [0.1, 0.15) is 11.4 Å². The Morgan fingerprint density at radius 2 is 1.65 bits per heavy atom. The van der Waals surface area contributed by atoms with Gasteiger partial charge in [-0.1, -0.05) is 20.8 Å². The number of likely N-dealkylation sites (N-methyl/N-ethyl adjacent to an activating group) is 1. The van der Waals surface area contributed by atoms with Crippen molar-refractivity contribution in [3.8, 4) is 0 Å². The number of hydrogen-bond donors (Lipinski definition) is 0. The van der Waals surface area contributed by atoms with E-state index in [9.17, 15) is 4.79 Å². The standard InChI is InChI=1S/C17H31NO2/c1-11(2)12(3)16(19)18(8)13(4)15(14-9-10-14)20-17(5,6)7/h11-13H,9-10H2,1-8H3. The van der Waals surface area contributed by atoms with Crippen molar-refractivity contribution in [3.05, 3.63) is 11.3 Å². The smallest absolute Gasteiger partial charge is 0.226 e. The molecule has 0 N–H and O–H groups in total. The lowest BCUT2D eigenvalue weighted by atomic mass is 9.96. The highest BCUT2D eigenvalue weighted by Gasteiger charge is 2.32. The molecule has 3 nitrogen and oxygen atoms in total. The normalized spacial score (nSPS) is 17.8. The van der Waals surface area contributed by atoms with E-state index < -0.39 is 0 Å². The van der Waals surface area contributed by atoms with Crippen LogP contribution in [0, 0.1) is 11.8 Å². The first-order valence-electron chi connectivity index (χ1n) is 7.72. The van der Waals surface area contributed by atoms with E-state index in [0.717, 1.165) is 18.6 Å². The number of carbonyl (C=O) groups is 1. The topological polar surface area (TPSA) is 29.5 Å². The predicted octanol–water partition coefficient (Wildman–Crippen LogP) is 3.99. The van der Waals surface area contributed by atoms with Gasteiger partial charge in [-0.25, -0.2) is 0 Å². The monoisotopic (exact) mass is 281 g/mol. The fourth-order valence-corrected chi connectivity index (χ4v) is 2.06. The summed E-state index contributed by atoms with van der Waals surface area (Å²) >= 11 is 0. The molecule has 1 saturated carbocycles. The number of hydrogen-bond acceptors (Lipinski definition) is 2. The van der Waals surface area contributed by atoms with E-state index in [4.69, 9.17) is 4.74 Å². The summed E-state index contributed by atoms with van der Waals surface area (Å²) in [5.41, 5.74) is 1.15. The summed E-state index contributed by atoms with van der Waals surface area (Å²) in [6.07, 6.45) is 2.22. The van der Waals surface area contributed by atoms with E-state index >= 15 is 0 Å². The fourth-order valence-electron chi connectivity index (χ4n) is 2.06. The van der Waals surface area contributed by atoms with Crippen molar-refractivity contribution >= 4 is 5.91 Å². The van der Waals surface area contributed by atoms with Crippen molar-refractivity contribution in [3.63, 3.8) is 0 Å². The molecule has 0 aromatic rings. The van der Waals surface area contributed by atoms with Gasteiger partial charge < -0.3 is 9.64 Å². The van der Waals surface area contributed by atoms with Gasteiger partial charge >= 0.3 is 0 Å². The lowest BCUT2D eigenvalue weighted by Crippen LogP contribution is -2.42. The molecule has 2 unspecified atom stereocenters. The van der Waals surface area contributed by atoms with Gasteiger partial charge in [0, 0.05) is 13.0 Å². The Morgan fingerprint density at radius 1 is 1.15 bits per heavy atom. The molecule has 2 atom stereocenters. The molecule has 3 heteroatoms. The number of nitrogens with zero attached hydrogens (tertiary/aromatic N) is 1. The van der Waals surface area contributed by atoms with Crippen LogP contribution in [0.4, 0.5) is 0 Å². The summed E-state index contributed by atoms with van der Waals surface area (Å²) in [5.74, 6) is 1.60. The van der Waals surface area contributed by atoms with E-state index in [2.05, 4.69) is 41.5 Å². The third kappa shape index (κ3) is 4.53. The van der Waals surface area contributed by atoms with Crippen LogP contribution in [0.5, 0.6) is 0 Å². The van der Waals surface area contributed by atoms with Gasteiger partial charge in [0.05, 0.1) is 6.04 Å². The summed E-state index contributed by atoms with van der Waals surface area (Å²) in [5, 5.41) is 0. The average molecular weight is 281 g/mol. The highest BCUT2D eigenvalue weighted by atomic mass is 16.5. The molecule has 20 heavy (non-hydrogen) atoms. The molecule has 0 bridgehead atoms. The molecule has 1 fully saturated rings. The van der Waals surface area contributed by atoms with Crippen molar-refractivity contribution in [1.82, 2.24) is 4.90 Å². The second-order valence-corrected chi connectivity index (χ2v) is 7.34. The molecule has 1 amide bonds. The van der Waals surface area contributed by atoms with Crippen LogP contribution in [0.2, 0.25) is 0 Å². The van der Waals surface area contributed by atoms with Crippen molar-refractivity contribution in [2.24, 2.45) is 11.8 Å². The number of ether oxygens (including phenoxy) is 1. The zero-order valence-electron chi connectivity index (χ0n) is 14.4. The van der Waals surface area contributed by atoms with E-state index in [1.165, 1.54) is 5.57 Å². The third-order valence-electron chi connectivity index (χ3n) is 3.96. The van der Waals surface area contributed by atoms with Crippen molar-refractivity contribution in [2.45, 2.75) is 73.0 Å². The average Bonchev–Trinajstić information content (AvgIpc) is 3.15. The zero-order chi connectivity index (χ0) is 15.7. The molecule has 1 aliphatic carbocycles. The third-order valence-corrected chi connectivity index (χ3v) is 3.96. The summed E-state index contributed by atoms with van der Waals surface area (Å²) < 4.78 is 6.12. The summed E-state index contributed by atoms with van der Waals surface area (Å²) in [7, 11) is 1.89. The van der Waals surface area contributed by atoms with Gasteiger partial charge in [-0.15, -0.1) is 0 Å². The predicted molar refractivity (Wildman–Crippen MR) is 83.3 cm³/mol. The SMILES string of the molecule is CC(C)C(C)C(=O)N(C)C(C)C(OC(C)(C)C)=C1CC1. The van der Waals surface area contributed by atoms with Crippen molar-refractivity contribution in [2.75, 3.05) is 7.05 Å². The highest BCUT2D eigenvalue weighted by Crippen LogP contribution is 2.36. The quantitative estimate of drug-likeness (QED) is 0.713. The molecule has 1 rings (SSSR count). The molecular formula is C17H31NO2. The molecule has 0 saturated heterocycles. The second kappa shape index (κ2) is 6.19. The van der Waals surface area contributed by atoms with Crippen LogP contribution in [0.1, 0.15) is 61.3 Å². The number of rotatable bonds is 5. The summed E-state index contributed by atoms with van der Waals surface area (Å²) in [6, 6.07) is 0.0143. The Kier molecular flexibility index (Phi) is 5.28. The first kappa shape index (κ1) is 17.1. The number of amides is 1. The van der Waals surface area contributed by atoms with Gasteiger partial charge in [-0.2, -0.15) is 0 Å². The van der Waals surface area contributed by atoms with Gasteiger partial charge in [-0.3, -0.25) is 4.79 Å². The number of carbonyl (C=O) groups excluding carboxylic acids is 1. The van der Waals surface area contributed by atoms with E-state index in [1.54, 1.807) is 0 Å². The van der Waals surface area contributed by atoms with Gasteiger partial charge in [0.15, 0.2) is 0 Å². The largest absolute Gasteiger partial charge is 0.490 e. The lowest BCUT2D eigenvalue weighted by Gasteiger charge is -2.33. The van der Waals surface area contributed by atoms with Crippen LogP contribution in [0.15, 0.2) is 11.3 Å². The molecular weight excluding hydrogens is 250 g/mol. The van der Waals surface area contributed by atoms with Crippen LogP contribution < -0.4 is 0 Å². The highest BCUT2D eigenvalue weighted by molar-refractivity contribution is 5.79. The minimum absolute atomic E-state index is 0.0143. The first-order valence-corrected chi connectivity index (χ1v) is 7.72. The van der Waals surface area contributed by atoms with Crippen LogP contribution in [0.25, 0.3) is 0 Å².